The standard InChI is InChI=1S/C18H24N2O3/c1-23-15-5-6-16-12(9-15)3-2-4-13(16)10-17(21)20-8-7-14(11-20)18(19)22/h5-6,9,13-14H,2-4,7-8,10-11H2,1H3,(H2,19,22)/t13-,14+/m0/s1. The lowest BCUT2D eigenvalue weighted by molar-refractivity contribution is -0.131. The third kappa shape index (κ3) is 3.33. The third-order valence-corrected chi connectivity index (χ3v) is 5.15. The Kier molecular flexibility index (Phi) is 4.55. The number of nitrogens with zero attached hydrogens (tertiary/aromatic N) is 1. The molecule has 1 heterocycles. The Labute approximate surface area is 136 Å². The molecule has 0 aromatic heterocycles. The molecule has 0 radical (unpaired) electrons. The van der Waals surface area contributed by atoms with Crippen LogP contribution in [0.3, 0.4) is 0 Å². The number of carbonyl (C=O) groups excluding carboxylic acids is 2. The molecule has 5 nitrogen and oxygen atoms in total. The summed E-state index contributed by atoms with van der Waals surface area (Å²) in [5.41, 5.74) is 7.92. The molecular weight excluding hydrogens is 292 g/mol. The van der Waals surface area contributed by atoms with E-state index in [1.54, 1.807) is 12.0 Å². The van der Waals surface area contributed by atoms with Crippen molar-refractivity contribution in [3.8, 4) is 5.75 Å². The van der Waals surface area contributed by atoms with Crippen molar-refractivity contribution in [3.05, 3.63) is 29.3 Å². The highest BCUT2D eigenvalue weighted by Gasteiger charge is 2.31. The normalized spacial score (nSPS) is 23.4. The number of rotatable bonds is 4. The van der Waals surface area contributed by atoms with Gasteiger partial charge in [0, 0.05) is 19.5 Å². The summed E-state index contributed by atoms with van der Waals surface area (Å²) < 4.78 is 5.29. The molecule has 2 amide bonds. The number of ether oxygens (including phenoxy) is 1. The van der Waals surface area contributed by atoms with E-state index < -0.39 is 0 Å². The van der Waals surface area contributed by atoms with Crippen LogP contribution in [0.15, 0.2) is 18.2 Å². The molecular formula is C18H24N2O3. The summed E-state index contributed by atoms with van der Waals surface area (Å²) in [6, 6.07) is 6.16. The quantitative estimate of drug-likeness (QED) is 0.921. The number of methoxy groups -OCH3 is 1. The highest BCUT2D eigenvalue weighted by molar-refractivity contribution is 5.81. The second-order valence-corrected chi connectivity index (χ2v) is 6.59. The molecule has 2 atom stereocenters. The molecule has 2 N–H and O–H groups in total. The van der Waals surface area contributed by atoms with Gasteiger partial charge in [-0.1, -0.05) is 6.07 Å². The Morgan fingerprint density at radius 3 is 2.87 bits per heavy atom. The minimum atomic E-state index is -0.296. The maximum Gasteiger partial charge on any atom is 0.223 e. The molecule has 1 fully saturated rings. The molecule has 124 valence electrons. The van der Waals surface area contributed by atoms with E-state index in [0.717, 1.165) is 25.0 Å². The van der Waals surface area contributed by atoms with Gasteiger partial charge in [0.2, 0.25) is 11.8 Å². The third-order valence-electron chi connectivity index (χ3n) is 5.15. The summed E-state index contributed by atoms with van der Waals surface area (Å²) in [6.07, 6.45) is 4.40. The van der Waals surface area contributed by atoms with Crippen LogP contribution in [0.25, 0.3) is 0 Å². The van der Waals surface area contributed by atoms with Crippen LogP contribution >= 0.6 is 0 Å². The van der Waals surface area contributed by atoms with Crippen LogP contribution in [0.4, 0.5) is 0 Å². The van der Waals surface area contributed by atoms with Gasteiger partial charge < -0.3 is 15.4 Å². The number of primary amides is 1. The minimum Gasteiger partial charge on any atom is -0.497 e. The van der Waals surface area contributed by atoms with E-state index >= 15 is 0 Å². The Hall–Kier alpha value is -2.04. The van der Waals surface area contributed by atoms with Crippen molar-refractivity contribution >= 4 is 11.8 Å². The summed E-state index contributed by atoms with van der Waals surface area (Å²) >= 11 is 0. The van der Waals surface area contributed by atoms with Crippen LogP contribution in [0, 0.1) is 5.92 Å². The van der Waals surface area contributed by atoms with Crippen LogP contribution in [0.5, 0.6) is 5.75 Å². The molecule has 0 saturated carbocycles. The lowest BCUT2D eigenvalue weighted by Crippen LogP contribution is -2.32. The lowest BCUT2D eigenvalue weighted by Gasteiger charge is -2.27. The van der Waals surface area contributed by atoms with Gasteiger partial charge >= 0.3 is 0 Å². The van der Waals surface area contributed by atoms with Gasteiger partial charge in [0.05, 0.1) is 13.0 Å². The average Bonchev–Trinajstić information content (AvgIpc) is 3.05. The predicted molar refractivity (Wildman–Crippen MR) is 87.2 cm³/mol. The number of aryl methyl sites for hydroxylation is 1. The van der Waals surface area contributed by atoms with E-state index in [0.29, 0.717) is 25.9 Å². The van der Waals surface area contributed by atoms with Crippen molar-refractivity contribution in [3.63, 3.8) is 0 Å². The van der Waals surface area contributed by atoms with E-state index in [-0.39, 0.29) is 23.7 Å². The van der Waals surface area contributed by atoms with E-state index in [1.165, 1.54) is 11.1 Å². The number of benzene rings is 1. The summed E-state index contributed by atoms with van der Waals surface area (Å²) in [5.74, 6) is 0.809. The van der Waals surface area contributed by atoms with Crippen LogP contribution in [-0.2, 0) is 16.0 Å². The Morgan fingerprint density at radius 2 is 2.17 bits per heavy atom. The van der Waals surface area contributed by atoms with Crippen molar-refractivity contribution < 1.29 is 14.3 Å². The number of carbonyl (C=O) groups is 2. The first kappa shape index (κ1) is 15.8. The molecule has 3 rings (SSSR count). The largest absolute Gasteiger partial charge is 0.497 e. The van der Waals surface area contributed by atoms with Crippen LogP contribution in [0.1, 0.15) is 42.7 Å². The molecule has 23 heavy (non-hydrogen) atoms. The highest BCUT2D eigenvalue weighted by Crippen LogP contribution is 2.36. The van der Waals surface area contributed by atoms with E-state index in [9.17, 15) is 9.59 Å². The second kappa shape index (κ2) is 6.60. The van der Waals surface area contributed by atoms with Crippen molar-refractivity contribution in [1.29, 1.82) is 0 Å². The zero-order valence-electron chi connectivity index (χ0n) is 13.6. The van der Waals surface area contributed by atoms with Crippen molar-refractivity contribution in [2.75, 3.05) is 20.2 Å². The predicted octanol–water partition coefficient (Wildman–Crippen LogP) is 1.84. The number of hydrogen-bond acceptors (Lipinski definition) is 3. The first-order valence-corrected chi connectivity index (χ1v) is 8.32. The maximum absolute atomic E-state index is 12.6. The van der Waals surface area contributed by atoms with Gasteiger partial charge in [0.25, 0.3) is 0 Å². The van der Waals surface area contributed by atoms with Crippen molar-refractivity contribution in [2.24, 2.45) is 11.7 Å². The first-order chi connectivity index (χ1) is 11.1. The molecule has 1 aromatic rings. The number of hydrogen-bond donors (Lipinski definition) is 1. The Balaban J connectivity index is 1.68. The lowest BCUT2D eigenvalue weighted by atomic mass is 9.80. The van der Waals surface area contributed by atoms with Crippen LogP contribution in [-0.4, -0.2) is 36.9 Å². The summed E-state index contributed by atoms with van der Waals surface area (Å²) in [5, 5.41) is 0. The second-order valence-electron chi connectivity index (χ2n) is 6.59. The van der Waals surface area contributed by atoms with E-state index in [4.69, 9.17) is 10.5 Å². The Bertz CT molecular complexity index is 614. The van der Waals surface area contributed by atoms with Gasteiger partial charge in [0.15, 0.2) is 0 Å². The fraction of sp³-hybridized carbons (Fsp3) is 0.556. The van der Waals surface area contributed by atoms with Gasteiger partial charge in [-0.05, 0) is 54.9 Å². The van der Waals surface area contributed by atoms with Gasteiger partial charge in [-0.2, -0.15) is 0 Å². The molecule has 0 unspecified atom stereocenters. The molecule has 2 aliphatic rings. The van der Waals surface area contributed by atoms with Crippen molar-refractivity contribution in [2.45, 2.75) is 38.0 Å². The van der Waals surface area contributed by atoms with Gasteiger partial charge in [-0.25, -0.2) is 0 Å². The molecule has 1 aromatic carbocycles. The van der Waals surface area contributed by atoms with Crippen LogP contribution in [0.2, 0.25) is 0 Å². The fourth-order valence-electron chi connectivity index (χ4n) is 3.79. The van der Waals surface area contributed by atoms with Gasteiger partial charge in [0.1, 0.15) is 5.75 Å². The smallest absolute Gasteiger partial charge is 0.223 e. The van der Waals surface area contributed by atoms with Crippen LogP contribution < -0.4 is 10.5 Å². The van der Waals surface area contributed by atoms with Gasteiger partial charge in [-0.15, -0.1) is 0 Å². The molecule has 0 bridgehead atoms. The molecule has 1 aliphatic heterocycles. The fourth-order valence-corrected chi connectivity index (χ4v) is 3.79. The topological polar surface area (TPSA) is 72.6 Å². The SMILES string of the molecule is COc1ccc2c(c1)CCC[C@H]2CC(=O)N1CC[C@@H](C(N)=O)C1. The minimum absolute atomic E-state index is 0.141. The number of amides is 2. The molecule has 5 heteroatoms. The highest BCUT2D eigenvalue weighted by atomic mass is 16.5. The first-order valence-electron chi connectivity index (χ1n) is 8.32. The number of fused-ring (bicyclic) bond motifs is 1. The van der Waals surface area contributed by atoms with E-state index in [1.807, 2.05) is 6.07 Å². The zero-order valence-corrected chi connectivity index (χ0v) is 13.6. The summed E-state index contributed by atoms with van der Waals surface area (Å²) in [7, 11) is 1.67. The maximum atomic E-state index is 12.6. The number of likely N-dealkylation sites (tertiary alicyclic amines) is 1. The van der Waals surface area contributed by atoms with Gasteiger partial charge in [-0.3, -0.25) is 9.59 Å². The zero-order chi connectivity index (χ0) is 16.4. The van der Waals surface area contributed by atoms with E-state index in [2.05, 4.69) is 12.1 Å². The Morgan fingerprint density at radius 1 is 1.35 bits per heavy atom. The molecule has 1 saturated heterocycles. The summed E-state index contributed by atoms with van der Waals surface area (Å²) in [4.78, 5) is 25.6. The van der Waals surface area contributed by atoms with Crippen molar-refractivity contribution in [1.82, 2.24) is 4.90 Å². The molecule has 1 aliphatic carbocycles. The summed E-state index contributed by atoms with van der Waals surface area (Å²) in [6.45, 7) is 1.13. The monoisotopic (exact) mass is 316 g/mol. The molecule has 0 spiro atoms. The number of nitrogens with two attached hydrogens (primary N) is 1. The average molecular weight is 316 g/mol.